The molecule has 1 rings (SSSR count). The Morgan fingerprint density at radius 3 is 2.92 bits per heavy atom. The van der Waals surface area contributed by atoms with Crippen LogP contribution >= 0.6 is 11.5 Å². The maximum absolute atomic E-state index is 9.44. The summed E-state index contributed by atoms with van der Waals surface area (Å²) in [6.07, 6.45) is -0.516. The lowest BCUT2D eigenvalue weighted by atomic mass is 10.3. The normalized spacial score (nSPS) is 13.7. The summed E-state index contributed by atoms with van der Waals surface area (Å²) in [5.41, 5.74) is 0.584. The fourth-order valence-electron chi connectivity index (χ4n) is 0.686. The topological polar surface area (TPSA) is 55.2 Å². The first-order valence-electron chi connectivity index (χ1n) is 3.76. The fraction of sp³-hybridized carbons (Fsp3) is 0.714. The Hall–Kier alpha value is -0.520. The molecule has 1 heterocycles. The van der Waals surface area contributed by atoms with Crippen LogP contribution in [0.2, 0.25) is 0 Å². The highest BCUT2D eigenvalue weighted by atomic mass is 32.1. The van der Waals surface area contributed by atoms with Crippen LogP contribution in [0.25, 0.3) is 0 Å². The first-order valence-corrected chi connectivity index (χ1v) is 4.60. The Bertz CT molecular complexity index is 213. The number of rotatable bonds is 4. The Morgan fingerprint density at radius 1 is 1.67 bits per heavy atom. The second kappa shape index (κ2) is 4.49. The van der Waals surface area contributed by atoms with Crippen molar-refractivity contribution in [2.24, 2.45) is 0 Å². The summed E-state index contributed by atoms with van der Waals surface area (Å²) >= 11 is 1.23. The van der Waals surface area contributed by atoms with Crippen molar-refractivity contribution < 1.29 is 9.84 Å². The molecule has 0 bridgehead atoms. The van der Waals surface area contributed by atoms with Gasteiger partial charge in [0.15, 0.2) is 0 Å². The molecule has 4 nitrogen and oxygen atoms in total. The van der Waals surface area contributed by atoms with E-state index in [1.165, 1.54) is 11.5 Å². The first kappa shape index (κ1) is 9.57. The van der Waals surface area contributed by atoms with Gasteiger partial charge in [-0.25, -0.2) is 0 Å². The summed E-state index contributed by atoms with van der Waals surface area (Å²) in [4.78, 5) is 0. The van der Waals surface area contributed by atoms with E-state index in [9.17, 15) is 5.11 Å². The fourth-order valence-corrected chi connectivity index (χ4v) is 1.19. The lowest BCUT2D eigenvalue weighted by molar-refractivity contribution is 0.00327. The van der Waals surface area contributed by atoms with Crippen LogP contribution in [0.4, 0.5) is 0 Å². The molecule has 0 aromatic carbocycles. The minimum absolute atomic E-state index is 0.131. The van der Waals surface area contributed by atoms with Gasteiger partial charge in [-0.1, -0.05) is 4.49 Å². The van der Waals surface area contributed by atoms with Crippen molar-refractivity contribution >= 4 is 11.5 Å². The quantitative estimate of drug-likeness (QED) is 0.765. The summed E-state index contributed by atoms with van der Waals surface area (Å²) in [6, 6.07) is 0. The number of hydrogen-bond acceptors (Lipinski definition) is 5. The van der Waals surface area contributed by atoms with Crippen molar-refractivity contribution in [1.82, 2.24) is 9.59 Å². The number of hydrogen-bond donors (Lipinski definition) is 1. The maximum atomic E-state index is 9.44. The number of nitrogens with zero attached hydrogens (tertiary/aromatic N) is 2. The minimum atomic E-state index is -0.647. The van der Waals surface area contributed by atoms with Gasteiger partial charge >= 0.3 is 0 Å². The number of aromatic nitrogens is 2. The Kier molecular flexibility index (Phi) is 3.58. The molecule has 5 heteroatoms. The highest BCUT2D eigenvalue weighted by Gasteiger charge is 2.10. The highest BCUT2D eigenvalue weighted by Crippen LogP contribution is 2.11. The summed E-state index contributed by atoms with van der Waals surface area (Å²) < 4.78 is 8.86. The molecule has 0 aliphatic rings. The van der Waals surface area contributed by atoms with Gasteiger partial charge in [0, 0.05) is 5.38 Å². The minimum Gasteiger partial charge on any atom is -0.384 e. The van der Waals surface area contributed by atoms with Crippen LogP contribution < -0.4 is 0 Å². The van der Waals surface area contributed by atoms with Crippen molar-refractivity contribution in [3.05, 3.63) is 11.1 Å². The summed E-state index contributed by atoms with van der Waals surface area (Å²) in [7, 11) is 0. The molecule has 0 saturated heterocycles. The largest absolute Gasteiger partial charge is 0.384 e. The van der Waals surface area contributed by atoms with Crippen LogP contribution in [0.3, 0.4) is 0 Å². The van der Waals surface area contributed by atoms with E-state index in [2.05, 4.69) is 9.59 Å². The standard InChI is InChI=1S/C7H12N2O2S/c1-5(2)11-3-7(10)6-4-12-9-8-6/h4-5,7,10H,3H2,1-2H3. The summed E-state index contributed by atoms with van der Waals surface area (Å²) in [6.45, 7) is 4.13. The monoisotopic (exact) mass is 188 g/mol. The number of ether oxygens (including phenoxy) is 1. The van der Waals surface area contributed by atoms with Gasteiger partial charge in [0.2, 0.25) is 0 Å². The number of aliphatic hydroxyl groups is 1. The molecule has 0 aliphatic heterocycles. The van der Waals surface area contributed by atoms with E-state index < -0.39 is 6.10 Å². The molecule has 0 radical (unpaired) electrons. The van der Waals surface area contributed by atoms with Gasteiger partial charge in [-0.15, -0.1) is 5.10 Å². The van der Waals surface area contributed by atoms with Crippen molar-refractivity contribution in [1.29, 1.82) is 0 Å². The van der Waals surface area contributed by atoms with Crippen LogP contribution in [0.1, 0.15) is 25.6 Å². The van der Waals surface area contributed by atoms with Gasteiger partial charge in [-0.2, -0.15) is 0 Å². The predicted molar refractivity (Wildman–Crippen MR) is 46.0 cm³/mol. The Labute approximate surface area is 75.4 Å². The third-order valence-electron chi connectivity index (χ3n) is 1.31. The molecule has 0 spiro atoms. The van der Waals surface area contributed by atoms with Crippen molar-refractivity contribution in [2.75, 3.05) is 6.61 Å². The molecule has 0 aliphatic carbocycles. The van der Waals surface area contributed by atoms with E-state index in [0.29, 0.717) is 5.69 Å². The smallest absolute Gasteiger partial charge is 0.122 e. The third-order valence-corrected chi connectivity index (χ3v) is 1.83. The van der Waals surface area contributed by atoms with Crippen molar-refractivity contribution in [3.63, 3.8) is 0 Å². The maximum Gasteiger partial charge on any atom is 0.122 e. The van der Waals surface area contributed by atoms with Gasteiger partial charge < -0.3 is 9.84 Å². The molecule has 1 aromatic rings. The van der Waals surface area contributed by atoms with Crippen LogP contribution in [-0.4, -0.2) is 27.4 Å². The van der Waals surface area contributed by atoms with E-state index in [-0.39, 0.29) is 12.7 Å². The first-order chi connectivity index (χ1) is 5.70. The van der Waals surface area contributed by atoms with Gasteiger partial charge in [-0.05, 0) is 25.4 Å². The second-order valence-electron chi connectivity index (χ2n) is 2.73. The van der Waals surface area contributed by atoms with Crippen LogP contribution in [0.15, 0.2) is 5.38 Å². The van der Waals surface area contributed by atoms with Crippen molar-refractivity contribution in [3.8, 4) is 0 Å². The Balaban J connectivity index is 2.34. The summed E-state index contributed by atoms with van der Waals surface area (Å²) in [5.74, 6) is 0. The van der Waals surface area contributed by atoms with Gasteiger partial charge in [0.25, 0.3) is 0 Å². The molecule has 68 valence electrons. The van der Waals surface area contributed by atoms with E-state index in [0.717, 1.165) is 0 Å². The molecular formula is C7H12N2O2S. The highest BCUT2D eigenvalue weighted by molar-refractivity contribution is 7.03. The zero-order valence-electron chi connectivity index (χ0n) is 7.10. The van der Waals surface area contributed by atoms with Gasteiger partial charge in [0.1, 0.15) is 11.8 Å². The zero-order valence-corrected chi connectivity index (χ0v) is 7.91. The molecule has 12 heavy (non-hydrogen) atoms. The van der Waals surface area contributed by atoms with Gasteiger partial charge in [-0.3, -0.25) is 0 Å². The van der Waals surface area contributed by atoms with Crippen LogP contribution in [0, 0.1) is 0 Å². The van der Waals surface area contributed by atoms with Gasteiger partial charge in [0.05, 0.1) is 12.7 Å². The van der Waals surface area contributed by atoms with Crippen LogP contribution in [-0.2, 0) is 4.74 Å². The molecule has 1 N–H and O–H groups in total. The summed E-state index contributed by atoms with van der Waals surface area (Å²) in [5, 5.41) is 14.9. The van der Waals surface area contributed by atoms with Crippen molar-refractivity contribution in [2.45, 2.75) is 26.1 Å². The van der Waals surface area contributed by atoms with E-state index in [1.807, 2.05) is 13.8 Å². The molecule has 1 unspecified atom stereocenters. The van der Waals surface area contributed by atoms with E-state index in [4.69, 9.17) is 4.74 Å². The van der Waals surface area contributed by atoms with E-state index in [1.54, 1.807) is 5.38 Å². The second-order valence-corrected chi connectivity index (χ2v) is 3.34. The lowest BCUT2D eigenvalue weighted by Crippen LogP contribution is -2.12. The molecule has 1 atom stereocenters. The molecule has 1 aromatic heterocycles. The number of aliphatic hydroxyl groups excluding tert-OH is 1. The molecule has 0 saturated carbocycles. The average Bonchev–Trinajstić information content (AvgIpc) is 2.51. The predicted octanol–water partition coefficient (Wildman–Crippen LogP) is 0.996. The molecule has 0 amide bonds. The van der Waals surface area contributed by atoms with Crippen LogP contribution in [0.5, 0.6) is 0 Å². The third kappa shape index (κ3) is 2.84. The molecule has 0 fully saturated rings. The average molecular weight is 188 g/mol. The lowest BCUT2D eigenvalue weighted by Gasteiger charge is -2.10. The zero-order chi connectivity index (χ0) is 8.97. The van der Waals surface area contributed by atoms with E-state index >= 15 is 0 Å². The Morgan fingerprint density at radius 2 is 2.42 bits per heavy atom. The molecular weight excluding hydrogens is 176 g/mol. The SMILES string of the molecule is CC(C)OCC(O)c1csnn1.